The smallest absolute Gasteiger partial charge is 0.312 e. The van der Waals surface area contributed by atoms with E-state index in [0.717, 1.165) is 0 Å². The lowest BCUT2D eigenvalue weighted by molar-refractivity contribution is -0.865. The van der Waals surface area contributed by atoms with Gasteiger partial charge in [-0.3, -0.25) is 19.4 Å². The summed E-state index contributed by atoms with van der Waals surface area (Å²) in [5.41, 5.74) is -0.581. The van der Waals surface area contributed by atoms with Crippen LogP contribution < -0.4 is 10.1 Å². The number of esters is 1. The van der Waals surface area contributed by atoms with E-state index < -0.39 is 93.4 Å². The highest BCUT2D eigenvalue weighted by molar-refractivity contribution is 6.23. The van der Waals surface area contributed by atoms with Gasteiger partial charge < -0.3 is 59.7 Å². The van der Waals surface area contributed by atoms with Crippen molar-refractivity contribution in [3.63, 3.8) is 0 Å². The van der Waals surface area contributed by atoms with Crippen molar-refractivity contribution in [2.45, 2.75) is 85.6 Å². The van der Waals surface area contributed by atoms with Crippen LogP contribution in [0, 0.1) is 35.8 Å². The summed E-state index contributed by atoms with van der Waals surface area (Å²) in [6, 6.07) is 0. The molecule has 0 saturated carbocycles. The number of carbonyl (C=O) groups is 3. The maximum atomic E-state index is 14.4. The Labute approximate surface area is 349 Å². The number of nitrogens with zero attached hydrogens (tertiary/aromatic N) is 3. The molecule has 6 N–H and O–H groups in total. The number of hydrogen-bond acceptors (Lipinski definition) is 15. The monoisotopic (exact) mass is 838 g/mol. The molecule has 60 heavy (non-hydrogen) atoms. The molecule has 5 bridgehead atoms. The predicted molar refractivity (Wildman–Crippen MR) is 222 cm³/mol. The Morgan fingerprint density at radius 2 is 1.65 bits per heavy atom. The summed E-state index contributed by atoms with van der Waals surface area (Å²) in [6.07, 6.45) is 4.60. The van der Waals surface area contributed by atoms with E-state index in [0.29, 0.717) is 0 Å². The quantitative estimate of drug-likeness (QED) is 0.0627. The summed E-state index contributed by atoms with van der Waals surface area (Å²) in [6.45, 7) is 13.4. The van der Waals surface area contributed by atoms with Gasteiger partial charge in [0.1, 0.15) is 23.4 Å². The molecular formula is C43H58N4O13. The van der Waals surface area contributed by atoms with E-state index in [2.05, 4.69) is 10.4 Å². The fourth-order valence-electron chi connectivity index (χ4n) is 8.00. The van der Waals surface area contributed by atoms with Crippen LogP contribution in [0.4, 0.5) is 5.69 Å². The Morgan fingerprint density at radius 1 is 1.00 bits per heavy atom. The molecule has 9 atom stereocenters. The molecule has 0 aromatic heterocycles. The van der Waals surface area contributed by atoms with Crippen molar-refractivity contribution in [2.24, 2.45) is 28.8 Å². The number of aliphatic hydroxyl groups excluding tert-OH is 2. The maximum absolute atomic E-state index is 14.4. The number of fused-ring (bicyclic) bond motifs is 14. The number of ether oxygens (including phenoxy) is 4. The molecule has 2 aromatic rings. The average Bonchev–Trinajstić information content (AvgIpc) is 3.46. The largest absolute Gasteiger partial charge is 0.633 e. The summed E-state index contributed by atoms with van der Waals surface area (Å²) in [5.74, 6) is -8.69. The maximum Gasteiger partial charge on any atom is 0.312 e. The number of nitrogens with one attached hydrogen (secondary N) is 1. The second-order valence-corrected chi connectivity index (χ2v) is 16.6. The number of hydrogen-bond donors (Lipinski definition) is 6. The van der Waals surface area contributed by atoms with Crippen LogP contribution in [0.1, 0.15) is 70.0 Å². The minimum atomic E-state index is -2.07. The standard InChI is InChI=1S/C43H58N4O13/c1-21-12-11-13-22(2)42(55)45-33-28(20-44-46-15-17-47(9,56)18-16-46)37(52)30-31(38(33)53)36(51)26(6)40-32(30)41(54)43(8,60-40)58-19-14-29(57-10)23(3)39(59-27(7)48)25(5)35(50)24(4)34(21)49/h11-14,19-21,23-25,29,34-35,39,49-53H,15-18H2,1-10H3,(H,45,55)/b12-11+,19-14+,22-13-,44-20+/t21-,23+,24+,25+,29-,34-,35+,39?,43-/m0/s1. The number of methoxy groups -OCH3 is 1. The van der Waals surface area contributed by atoms with Crippen molar-refractivity contribution in [1.82, 2.24) is 5.01 Å². The van der Waals surface area contributed by atoms with Gasteiger partial charge >= 0.3 is 11.8 Å². The number of carbonyl (C=O) groups excluding carboxylic acids is 3. The lowest BCUT2D eigenvalue weighted by Gasteiger charge is -2.44. The fourth-order valence-corrected chi connectivity index (χ4v) is 8.00. The van der Waals surface area contributed by atoms with Gasteiger partial charge in [0, 0.05) is 61.2 Å². The van der Waals surface area contributed by atoms with E-state index in [1.807, 2.05) is 0 Å². The first-order valence-corrected chi connectivity index (χ1v) is 20.0. The predicted octanol–water partition coefficient (Wildman–Crippen LogP) is 4.35. The third-order valence-electron chi connectivity index (χ3n) is 12.0. The molecule has 17 heteroatoms. The van der Waals surface area contributed by atoms with Gasteiger partial charge in [0.2, 0.25) is 0 Å². The number of phenols is 3. The zero-order valence-electron chi connectivity index (χ0n) is 35.8. The lowest BCUT2D eigenvalue weighted by Crippen LogP contribution is -2.52. The first kappa shape index (κ1) is 45.9. The molecule has 328 valence electrons. The summed E-state index contributed by atoms with van der Waals surface area (Å²) in [5, 5.41) is 78.9. The molecule has 2 aromatic carbocycles. The van der Waals surface area contributed by atoms with Crippen LogP contribution in [0.25, 0.3) is 10.8 Å². The van der Waals surface area contributed by atoms with Gasteiger partial charge in [0.15, 0.2) is 5.75 Å². The first-order valence-electron chi connectivity index (χ1n) is 20.0. The van der Waals surface area contributed by atoms with Gasteiger partial charge in [0.25, 0.3) is 11.7 Å². The average molecular weight is 839 g/mol. The van der Waals surface area contributed by atoms with Crippen molar-refractivity contribution in [3.8, 4) is 23.0 Å². The van der Waals surface area contributed by atoms with Gasteiger partial charge in [-0.2, -0.15) is 5.10 Å². The summed E-state index contributed by atoms with van der Waals surface area (Å²) in [4.78, 5) is 40.5. The number of Topliss-reactive ketones (excluding diaryl/α,β-unsaturated/α-hetero) is 1. The van der Waals surface area contributed by atoms with Crippen LogP contribution >= 0.6 is 0 Å². The second-order valence-electron chi connectivity index (χ2n) is 16.6. The molecule has 1 fully saturated rings. The van der Waals surface area contributed by atoms with Crippen molar-refractivity contribution in [2.75, 3.05) is 45.7 Å². The van der Waals surface area contributed by atoms with Crippen molar-refractivity contribution in [3.05, 3.63) is 58.0 Å². The molecule has 17 nitrogen and oxygen atoms in total. The number of hydroxylamine groups is 3. The number of phenolic OH excluding ortho intramolecular Hbond substituents is 3. The molecular weight excluding hydrogens is 780 g/mol. The number of quaternary nitrogens is 1. The number of benzene rings is 2. The Balaban J connectivity index is 1.70. The number of amides is 1. The fraction of sp³-hybridized carbons (Fsp3) is 0.535. The minimum Gasteiger partial charge on any atom is -0.633 e. The van der Waals surface area contributed by atoms with Crippen LogP contribution in [0.3, 0.4) is 0 Å². The molecule has 0 radical (unpaired) electrons. The third kappa shape index (κ3) is 8.95. The summed E-state index contributed by atoms with van der Waals surface area (Å²) < 4.78 is 23.1. The normalized spacial score (nSPS) is 32.3. The number of hydrazone groups is 1. The Kier molecular flexibility index (Phi) is 13.6. The van der Waals surface area contributed by atoms with Gasteiger partial charge in [0.05, 0.1) is 86.2 Å². The van der Waals surface area contributed by atoms with Gasteiger partial charge in [-0.05, 0) is 19.9 Å². The molecule has 4 aliphatic heterocycles. The van der Waals surface area contributed by atoms with E-state index in [1.54, 1.807) is 51.9 Å². The molecule has 0 spiro atoms. The number of anilines is 1. The number of likely N-dealkylation sites (N-methyl/N-ethyl adjacent to an activating group) is 1. The third-order valence-corrected chi connectivity index (χ3v) is 12.0. The molecule has 4 heterocycles. The van der Waals surface area contributed by atoms with E-state index in [1.165, 1.54) is 59.4 Å². The number of aliphatic hydroxyl groups is 2. The van der Waals surface area contributed by atoms with Gasteiger partial charge in [-0.1, -0.05) is 45.9 Å². The molecule has 1 saturated heterocycles. The van der Waals surface area contributed by atoms with Crippen LogP contribution in [0.15, 0.2) is 41.2 Å². The van der Waals surface area contributed by atoms with Crippen LogP contribution in [-0.2, 0) is 23.8 Å². The van der Waals surface area contributed by atoms with E-state index in [9.17, 15) is 45.1 Å². The van der Waals surface area contributed by atoms with Crippen molar-refractivity contribution < 1.29 is 63.5 Å². The molecule has 6 rings (SSSR count). The van der Waals surface area contributed by atoms with E-state index in [4.69, 9.17) is 18.9 Å². The topological polar surface area (TPSA) is 240 Å². The number of piperazine rings is 1. The van der Waals surface area contributed by atoms with Crippen LogP contribution in [0.2, 0.25) is 0 Å². The number of ketones is 1. The van der Waals surface area contributed by atoms with Crippen LogP contribution in [-0.4, -0.2) is 130 Å². The Morgan fingerprint density at radius 3 is 2.27 bits per heavy atom. The zero-order valence-corrected chi connectivity index (χ0v) is 35.8. The number of allylic oxidation sites excluding steroid dienone is 2. The zero-order chi connectivity index (χ0) is 44.6. The Bertz CT molecular complexity index is 2120. The van der Waals surface area contributed by atoms with E-state index >= 15 is 0 Å². The second kappa shape index (κ2) is 17.8. The van der Waals surface area contributed by atoms with Gasteiger partial charge in [-0.25, -0.2) is 0 Å². The number of aromatic hydroxyl groups is 3. The van der Waals surface area contributed by atoms with Crippen molar-refractivity contribution in [1.29, 1.82) is 0 Å². The van der Waals surface area contributed by atoms with E-state index in [-0.39, 0.29) is 70.7 Å². The van der Waals surface area contributed by atoms with Gasteiger partial charge in [-0.15, -0.1) is 0 Å². The lowest BCUT2D eigenvalue weighted by atomic mass is 9.78. The SMILES string of the molecule is CO[C@H]1/C=C/O[C@@]2(C)Oc3c(C)c(O)c4c(O)c(c(/C=N/N5CC[N+](C)([O-])CC5)c(O)c4c3C2=O)NC(=O)/C(C)=C\C=C\[C@H](C)[C@H](O)[C@@H](C)[C@@H](O)[C@@H](C)C(OC(C)=O)[C@@H]1C. The van der Waals surface area contributed by atoms with Crippen molar-refractivity contribution >= 4 is 40.3 Å². The molecule has 1 amide bonds. The highest BCUT2D eigenvalue weighted by atomic mass is 16.7. The number of rotatable bonds is 4. The molecule has 0 aliphatic carbocycles. The highest BCUT2D eigenvalue weighted by Gasteiger charge is 2.50. The Hall–Kier alpha value is -5.20. The first-order chi connectivity index (χ1) is 28.0. The summed E-state index contributed by atoms with van der Waals surface area (Å²) in [7, 11) is 2.98. The molecule has 1 unspecified atom stereocenters. The summed E-state index contributed by atoms with van der Waals surface area (Å²) >= 11 is 0. The highest BCUT2D eigenvalue weighted by Crippen LogP contribution is 2.55. The van der Waals surface area contributed by atoms with Crippen LogP contribution in [0.5, 0.6) is 23.0 Å². The molecule has 4 aliphatic rings. The minimum absolute atomic E-state index is 0.0279.